The maximum atomic E-state index is 12.3. The SMILES string of the molecule is Cc1cc(C(=O)OC2CCN(C)CC2)ccc1C(C)(C)C. The number of hydrogen-bond acceptors (Lipinski definition) is 3. The summed E-state index contributed by atoms with van der Waals surface area (Å²) < 4.78 is 5.64. The molecule has 3 nitrogen and oxygen atoms in total. The van der Waals surface area contributed by atoms with Crippen molar-refractivity contribution in [2.24, 2.45) is 0 Å². The fourth-order valence-electron chi connectivity index (χ4n) is 2.95. The van der Waals surface area contributed by atoms with Gasteiger partial charge in [0.25, 0.3) is 0 Å². The van der Waals surface area contributed by atoms with Gasteiger partial charge in [-0.1, -0.05) is 26.8 Å². The molecular weight excluding hydrogens is 262 g/mol. The molecule has 1 fully saturated rings. The number of ether oxygens (including phenoxy) is 1. The lowest BCUT2D eigenvalue weighted by atomic mass is 9.83. The van der Waals surface area contributed by atoms with Gasteiger partial charge in [-0.25, -0.2) is 4.79 Å². The van der Waals surface area contributed by atoms with Gasteiger partial charge < -0.3 is 9.64 Å². The van der Waals surface area contributed by atoms with Gasteiger partial charge in [0.1, 0.15) is 6.10 Å². The Morgan fingerprint density at radius 1 is 1.24 bits per heavy atom. The first-order valence-electron chi connectivity index (χ1n) is 7.78. The van der Waals surface area contributed by atoms with E-state index in [-0.39, 0.29) is 17.5 Å². The lowest BCUT2D eigenvalue weighted by Crippen LogP contribution is -2.35. The Balaban J connectivity index is 2.05. The van der Waals surface area contributed by atoms with Gasteiger partial charge in [-0.05, 0) is 55.5 Å². The molecule has 1 aromatic rings. The Hall–Kier alpha value is -1.35. The number of benzene rings is 1. The minimum atomic E-state index is -0.187. The van der Waals surface area contributed by atoms with E-state index in [1.54, 1.807) is 0 Å². The molecule has 0 aromatic heterocycles. The molecule has 1 aromatic carbocycles. The lowest BCUT2D eigenvalue weighted by Gasteiger charge is -2.28. The first kappa shape index (κ1) is 16.0. The second-order valence-electron chi connectivity index (χ2n) is 7.19. The summed E-state index contributed by atoms with van der Waals surface area (Å²) in [7, 11) is 2.10. The highest BCUT2D eigenvalue weighted by Crippen LogP contribution is 2.26. The summed E-state index contributed by atoms with van der Waals surface area (Å²) in [5.74, 6) is -0.187. The molecule has 1 aliphatic heterocycles. The fourth-order valence-corrected chi connectivity index (χ4v) is 2.95. The third-order valence-electron chi connectivity index (χ3n) is 4.21. The van der Waals surface area contributed by atoms with Crippen LogP contribution in [0.25, 0.3) is 0 Å². The zero-order chi connectivity index (χ0) is 15.6. The minimum Gasteiger partial charge on any atom is -0.459 e. The zero-order valence-electron chi connectivity index (χ0n) is 13.9. The smallest absolute Gasteiger partial charge is 0.338 e. The Morgan fingerprint density at radius 2 is 1.86 bits per heavy atom. The van der Waals surface area contributed by atoms with Crippen molar-refractivity contribution in [3.63, 3.8) is 0 Å². The second-order valence-corrected chi connectivity index (χ2v) is 7.19. The molecule has 0 radical (unpaired) electrons. The highest BCUT2D eigenvalue weighted by molar-refractivity contribution is 5.89. The maximum Gasteiger partial charge on any atom is 0.338 e. The molecular formula is C18H27NO2. The van der Waals surface area contributed by atoms with Crippen molar-refractivity contribution in [2.45, 2.75) is 52.1 Å². The summed E-state index contributed by atoms with van der Waals surface area (Å²) >= 11 is 0. The number of nitrogens with zero attached hydrogens (tertiary/aromatic N) is 1. The van der Waals surface area contributed by atoms with Crippen LogP contribution < -0.4 is 0 Å². The van der Waals surface area contributed by atoms with E-state index < -0.39 is 0 Å². The van der Waals surface area contributed by atoms with Gasteiger partial charge in [-0.3, -0.25) is 0 Å². The number of piperidine rings is 1. The van der Waals surface area contributed by atoms with E-state index in [1.165, 1.54) is 5.56 Å². The van der Waals surface area contributed by atoms with Crippen molar-refractivity contribution in [2.75, 3.05) is 20.1 Å². The van der Waals surface area contributed by atoms with Crippen molar-refractivity contribution in [1.29, 1.82) is 0 Å². The number of rotatable bonds is 2. The third kappa shape index (κ3) is 4.07. The van der Waals surface area contributed by atoms with Gasteiger partial charge in [-0.15, -0.1) is 0 Å². The second kappa shape index (κ2) is 6.18. The third-order valence-corrected chi connectivity index (χ3v) is 4.21. The van der Waals surface area contributed by atoms with Crippen LogP contribution in [0, 0.1) is 6.92 Å². The average Bonchev–Trinajstić information content (AvgIpc) is 2.39. The number of likely N-dealkylation sites (tertiary alicyclic amines) is 1. The van der Waals surface area contributed by atoms with E-state index in [9.17, 15) is 4.79 Å². The molecule has 0 N–H and O–H groups in total. The minimum absolute atomic E-state index is 0.0660. The van der Waals surface area contributed by atoms with Crippen molar-refractivity contribution in [3.8, 4) is 0 Å². The summed E-state index contributed by atoms with van der Waals surface area (Å²) in [5.41, 5.74) is 3.19. The van der Waals surface area contributed by atoms with E-state index in [1.807, 2.05) is 12.1 Å². The predicted octanol–water partition coefficient (Wildman–Crippen LogP) is 3.54. The van der Waals surface area contributed by atoms with Crippen molar-refractivity contribution in [3.05, 3.63) is 34.9 Å². The first-order valence-corrected chi connectivity index (χ1v) is 7.78. The van der Waals surface area contributed by atoms with Crippen LogP contribution in [0.5, 0.6) is 0 Å². The average molecular weight is 289 g/mol. The molecule has 3 heteroatoms. The number of carbonyl (C=O) groups is 1. The Labute approximate surface area is 128 Å². The fraction of sp³-hybridized carbons (Fsp3) is 0.611. The quantitative estimate of drug-likeness (QED) is 0.780. The van der Waals surface area contributed by atoms with E-state index in [0.717, 1.165) is 31.5 Å². The molecule has 0 saturated carbocycles. The van der Waals surface area contributed by atoms with Crippen LogP contribution in [0.4, 0.5) is 0 Å². The van der Waals surface area contributed by atoms with Gasteiger partial charge in [0.15, 0.2) is 0 Å². The molecule has 1 aliphatic rings. The molecule has 0 unspecified atom stereocenters. The van der Waals surface area contributed by atoms with E-state index in [0.29, 0.717) is 5.56 Å². The summed E-state index contributed by atoms with van der Waals surface area (Å²) in [4.78, 5) is 14.5. The van der Waals surface area contributed by atoms with E-state index in [4.69, 9.17) is 4.74 Å². The van der Waals surface area contributed by atoms with Crippen LogP contribution in [0.2, 0.25) is 0 Å². The molecule has 0 atom stereocenters. The van der Waals surface area contributed by atoms with Crippen molar-refractivity contribution < 1.29 is 9.53 Å². The number of carbonyl (C=O) groups excluding carboxylic acids is 1. The Kier molecular flexibility index (Phi) is 4.72. The van der Waals surface area contributed by atoms with Crippen LogP contribution in [-0.2, 0) is 10.2 Å². The van der Waals surface area contributed by atoms with E-state index >= 15 is 0 Å². The highest BCUT2D eigenvalue weighted by atomic mass is 16.5. The molecule has 0 bridgehead atoms. The summed E-state index contributed by atoms with van der Waals surface area (Å²) in [6.07, 6.45) is 1.93. The molecule has 0 spiro atoms. The van der Waals surface area contributed by atoms with Crippen LogP contribution in [0.15, 0.2) is 18.2 Å². The highest BCUT2D eigenvalue weighted by Gasteiger charge is 2.22. The van der Waals surface area contributed by atoms with Gasteiger partial charge in [-0.2, -0.15) is 0 Å². The topological polar surface area (TPSA) is 29.5 Å². The molecule has 0 amide bonds. The molecule has 2 rings (SSSR count). The van der Waals surface area contributed by atoms with Crippen LogP contribution in [0.1, 0.15) is 55.1 Å². The van der Waals surface area contributed by atoms with Crippen molar-refractivity contribution >= 4 is 5.97 Å². The van der Waals surface area contributed by atoms with Crippen molar-refractivity contribution in [1.82, 2.24) is 4.90 Å². The summed E-state index contributed by atoms with van der Waals surface area (Å²) in [6.45, 7) is 10.6. The molecule has 21 heavy (non-hydrogen) atoms. The largest absolute Gasteiger partial charge is 0.459 e. The standard InChI is InChI=1S/C18H27NO2/c1-13-12-14(6-7-16(13)18(2,3)4)17(20)21-15-8-10-19(5)11-9-15/h6-7,12,15H,8-11H2,1-5H3. The summed E-state index contributed by atoms with van der Waals surface area (Å²) in [6, 6.07) is 5.91. The normalized spacial score (nSPS) is 17.8. The molecule has 116 valence electrons. The van der Waals surface area contributed by atoms with Crippen LogP contribution in [0.3, 0.4) is 0 Å². The molecule has 1 saturated heterocycles. The molecule has 1 heterocycles. The van der Waals surface area contributed by atoms with Gasteiger partial charge in [0.2, 0.25) is 0 Å². The maximum absolute atomic E-state index is 12.3. The lowest BCUT2D eigenvalue weighted by molar-refractivity contribution is 0.0139. The Morgan fingerprint density at radius 3 is 2.38 bits per heavy atom. The molecule has 0 aliphatic carbocycles. The number of hydrogen-bond donors (Lipinski definition) is 0. The number of aryl methyl sites for hydroxylation is 1. The van der Waals surface area contributed by atoms with E-state index in [2.05, 4.69) is 45.7 Å². The first-order chi connectivity index (χ1) is 9.77. The number of esters is 1. The zero-order valence-corrected chi connectivity index (χ0v) is 13.9. The predicted molar refractivity (Wildman–Crippen MR) is 85.8 cm³/mol. The summed E-state index contributed by atoms with van der Waals surface area (Å²) in [5, 5.41) is 0. The van der Waals surface area contributed by atoms with Gasteiger partial charge in [0, 0.05) is 13.1 Å². The monoisotopic (exact) mass is 289 g/mol. The van der Waals surface area contributed by atoms with Crippen LogP contribution in [-0.4, -0.2) is 37.1 Å². The van der Waals surface area contributed by atoms with Gasteiger partial charge in [0.05, 0.1) is 5.56 Å². The van der Waals surface area contributed by atoms with Gasteiger partial charge >= 0.3 is 5.97 Å². The van der Waals surface area contributed by atoms with Crippen LogP contribution >= 0.6 is 0 Å². The Bertz CT molecular complexity index is 508.